The zero-order valence-corrected chi connectivity index (χ0v) is 13.6. The summed E-state index contributed by atoms with van der Waals surface area (Å²) in [6.07, 6.45) is -2.07. The summed E-state index contributed by atoms with van der Waals surface area (Å²) in [5.74, 6) is -0.527. The molecule has 4 rings (SSSR count). The van der Waals surface area contributed by atoms with Crippen LogP contribution in [0.5, 0.6) is 0 Å². The number of fused-ring (bicyclic) bond motifs is 3. The Balaban J connectivity index is 1.59. The number of aromatic amines is 1. The quantitative estimate of drug-likeness (QED) is 0.772. The van der Waals surface area contributed by atoms with Crippen LogP contribution in [0.3, 0.4) is 0 Å². The van der Waals surface area contributed by atoms with Crippen molar-refractivity contribution in [2.45, 2.75) is 31.4 Å². The highest BCUT2D eigenvalue weighted by Gasteiger charge is 2.33. The van der Waals surface area contributed by atoms with Gasteiger partial charge < -0.3 is 4.90 Å². The molecule has 136 valence electrons. The van der Waals surface area contributed by atoms with Crippen molar-refractivity contribution in [3.05, 3.63) is 24.2 Å². The zero-order chi connectivity index (χ0) is 18.3. The van der Waals surface area contributed by atoms with Gasteiger partial charge in [0.25, 0.3) is 0 Å². The van der Waals surface area contributed by atoms with E-state index in [0.717, 1.165) is 16.5 Å². The van der Waals surface area contributed by atoms with Crippen molar-refractivity contribution in [3.8, 4) is 0 Å². The van der Waals surface area contributed by atoms with Crippen LogP contribution >= 0.6 is 0 Å². The minimum absolute atomic E-state index is 0.0525. The third kappa shape index (κ3) is 3.06. The van der Waals surface area contributed by atoms with Gasteiger partial charge in [0.2, 0.25) is 5.91 Å². The van der Waals surface area contributed by atoms with E-state index in [1.54, 1.807) is 12.4 Å². The first-order valence-electron chi connectivity index (χ1n) is 8.21. The predicted molar refractivity (Wildman–Crippen MR) is 86.2 cm³/mol. The molecule has 0 bridgehead atoms. The van der Waals surface area contributed by atoms with E-state index >= 15 is 0 Å². The minimum atomic E-state index is -4.32. The van der Waals surface area contributed by atoms with Crippen molar-refractivity contribution >= 4 is 27.8 Å². The van der Waals surface area contributed by atoms with Gasteiger partial charge in [-0.3, -0.25) is 9.89 Å². The van der Waals surface area contributed by atoms with E-state index in [9.17, 15) is 18.0 Å². The number of H-pyrrole nitrogens is 1. The second-order valence-corrected chi connectivity index (χ2v) is 6.37. The lowest BCUT2D eigenvalue weighted by atomic mass is 9.99. The molecular formula is C16H15F3N6O. The van der Waals surface area contributed by atoms with Crippen molar-refractivity contribution < 1.29 is 18.0 Å². The summed E-state index contributed by atoms with van der Waals surface area (Å²) in [4.78, 5) is 17.7. The molecular weight excluding hydrogens is 349 g/mol. The van der Waals surface area contributed by atoms with E-state index in [1.807, 2.05) is 6.07 Å². The minimum Gasteiger partial charge on any atom is -0.342 e. The van der Waals surface area contributed by atoms with E-state index in [0.29, 0.717) is 30.7 Å². The molecule has 1 atom stereocenters. The SMILES string of the molecule is O=C(CCC(F)(F)F)N1CCC(c2[nH]ncc3nnc4nccc4c23)C1. The summed E-state index contributed by atoms with van der Waals surface area (Å²) in [6, 6.07) is 1.84. The molecule has 0 spiro atoms. The van der Waals surface area contributed by atoms with Crippen LogP contribution in [0.25, 0.3) is 21.9 Å². The first kappa shape index (κ1) is 16.7. The topological polar surface area (TPSA) is 87.7 Å². The van der Waals surface area contributed by atoms with E-state index in [-0.39, 0.29) is 5.92 Å². The lowest BCUT2D eigenvalue weighted by molar-refractivity contribution is -0.148. The summed E-state index contributed by atoms with van der Waals surface area (Å²) in [5.41, 5.74) is 1.94. The highest BCUT2D eigenvalue weighted by atomic mass is 19.4. The van der Waals surface area contributed by atoms with Crippen LogP contribution in [0.4, 0.5) is 13.2 Å². The van der Waals surface area contributed by atoms with Gasteiger partial charge in [0.05, 0.1) is 12.6 Å². The monoisotopic (exact) mass is 364 g/mol. The number of nitrogens with zero attached hydrogens (tertiary/aromatic N) is 5. The van der Waals surface area contributed by atoms with E-state index < -0.39 is 24.9 Å². The Labute approximate surface area is 145 Å². The smallest absolute Gasteiger partial charge is 0.342 e. The Morgan fingerprint density at radius 1 is 1.35 bits per heavy atom. The fraction of sp³-hybridized carbons (Fsp3) is 0.438. The standard InChI is InChI=1S/C16H15F3N6O/c17-16(18,19)4-1-12(26)25-6-3-9(8-25)14-13-10-2-5-20-15(10)24-22-11(13)7-21-23-14/h2,5,7,9,23H,1,3-4,6,8H2. The number of aromatic nitrogens is 5. The van der Waals surface area contributed by atoms with Crippen LogP contribution in [0.1, 0.15) is 30.9 Å². The number of rotatable bonds is 3. The van der Waals surface area contributed by atoms with E-state index in [2.05, 4.69) is 25.4 Å². The molecule has 3 aromatic heterocycles. The molecule has 1 aliphatic heterocycles. The Bertz CT molecular complexity index is 969. The van der Waals surface area contributed by atoms with Crippen LogP contribution in [0.15, 0.2) is 18.5 Å². The van der Waals surface area contributed by atoms with Crippen LogP contribution in [0.2, 0.25) is 0 Å². The average molecular weight is 364 g/mol. The van der Waals surface area contributed by atoms with Gasteiger partial charge in [-0.05, 0) is 12.5 Å². The van der Waals surface area contributed by atoms with Crippen LogP contribution in [-0.2, 0) is 4.79 Å². The number of amides is 1. The molecule has 1 aliphatic rings. The first-order valence-corrected chi connectivity index (χ1v) is 8.21. The number of hydrogen-bond acceptors (Lipinski definition) is 5. The van der Waals surface area contributed by atoms with Crippen LogP contribution in [0, 0.1) is 0 Å². The zero-order valence-electron chi connectivity index (χ0n) is 13.6. The maximum absolute atomic E-state index is 12.3. The predicted octanol–water partition coefficient (Wildman–Crippen LogP) is 2.56. The molecule has 7 nitrogen and oxygen atoms in total. The number of likely N-dealkylation sites (tertiary alicyclic amines) is 1. The molecule has 3 aromatic rings. The molecule has 4 heterocycles. The molecule has 0 aliphatic carbocycles. The van der Waals surface area contributed by atoms with Crippen LogP contribution in [-0.4, -0.2) is 55.5 Å². The molecule has 0 aromatic carbocycles. The van der Waals surface area contributed by atoms with Gasteiger partial charge in [-0.15, -0.1) is 10.2 Å². The van der Waals surface area contributed by atoms with Crippen molar-refractivity contribution in [3.63, 3.8) is 0 Å². The molecule has 1 saturated heterocycles. The molecule has 26 heavy (non-hydrogen) atoms. The molecule has 1 unspecified atom stereocenters. The molecule has 1 amide bonds. The third-order valence-electron chi connectivity index (χ3n) is 4.67. The van der Waals surface area contributed by atoms with Gasteiger partial charge in [-0.25, -0.2) is 4.98 Å². The van der Waals surface area contributed by atoms with Crippen molar-refractivity contribution in [1.82, 2.24) is 30.3 Å². The first-order chi connectivity index (χ1) is 12.4. The normalized spacial score (nSPS) is 18.1. The largest absolute Gasteiger partial charge is 0.389 e. The Kier molecular flexibility index (Phi) is 3.97. The maximum atomic E-state index is 12.3. The molecule has 10 heteroatoms. The fourth-order valence-electron chi connectivity index (χ4n) is 3.41. The summed E-state index contributed by atoms with van der Waals surface area (Å²) < 4.78 is 37.0. The van der Waals surface area contributed by atoms with Crippen molar-refractivity contribution in [2.24, 2.45) is 0 Å². The third-order valence-corrected chi connectivity index (χ3v) is 4.67. The summed E-state index contributed by atoms with van der Waals surface area (Å²) in [7, 11) is 0. The second kappa shape index (κ2) is 6.19. The van der Waals surface area contributed by atoms with Gasteiger partial charge in [0.1, 0.15) is 5.52 Å². The van der Waals surface area contributed by atoms with Gasteiger partial charge in [-0.1, -0.05) is 0 Å². The van der Waals surface area contributed by atoms with Crippen molar-refractivity contribution in [2.75, 3.05) is 13.1 Å². The van der Waals surface area contributed by atoms with Crippen LogP contribution < -0.4 is 0 Å². The highest BCUT2D eigenvalue weighted by molar-refractivity contribution is 6.03. The fourth-order valence-corrected chi connectivity index (χ4v) is 3.41. The summed E-state index contributed by atoms with van der Waals surface area (Å²) >= 11 is 0. The van der Waals surface area contributed by atoms with E-state index in [1.165, 1.54) is 4.90 Å². The van der Waals surface area contributed by atoms with Crippen molar-refractivity contribution in [1.29, 1.82) is 0 Å². The number of carbonyl (C=O) groups is 1. The molecule has 0 saturated carbocycles. The average Bonchev–Trinajstić information content (AvgIpc) is 3.27. The van der Waals surface area contributed by atoms with Gasteiger partial charge in [0, 0.05) is 48.1 Å². The lowest BCUT2D eigenvalue weighted by Crippen LogP contribution is -2.29. The van der Waals surface area contributed by atoms with Gasteiger partial charge >= 0.3 is 6.18 Å². The van der Waals surface area contributed by atoms with E-state index in [4.69, 9.17) is 0 Å². The maximum Gasteiger partial charge on any atom is 0.389 e. The van der Waals surface area contributed by atoms with Gasteiger partial charge in [-0.2, -0.15) is 18.3 Å². The summed E-state index contributed by atoms with van der Waals surface area (Å²) in [5, 5.41) is 16.9. The number of nitrogens with one attached hydrogen (secondary N) is 1. The number of hydrogen-bond donors (Lipinski definition) is 1. The Morgan fingerprint density at radius 2 is 2.19 bits per heavy atom. The lowest BCUT2D eigenvalue weighted by Gasteiger charge is -2.17. The Morgan fingerprint density at radius 3 is 3.00 bits per heavy atom. The number of carbonyl (C=O) groups excluding carboxylic acids is 1. The van der Waals surface area contributed by atoms with Gasteiger partial charge in [0.15, 0.2) is 5.65 Å². The number of halogens is 3. The molecule has 0 radical (unpaired) electrons. The highest BCUT2D eigenvalue weighted by Crippen LogP contribution is 2.33. The summed E-state index contributed by atoms with van der Waals surface area (Å²) in [6.45, 7) is 0.776. The second-order valence-electron chi connectivity index (χ2n) is 6.37. The molecule has 1 fully saturated rings. The molecule has 1 N–H and O–H groups in total. The Hall–Kier alpha value is -2.78. The number of alkyl halides is 3.